The molecule has 42 heavy (non-hydrogen) atoms. The summed E-state index contributed by atoms with van der Waals surface area (Å²) in [7, 11) is 0. The number of ether oxygens (including phenoxy) is 1. The average molecular weight is 575 g/mol. The van der Waals surface area contributed by atoms with Crippen molar-refractivity contribution >= 4 is 5.91 Å². The predicted molar refractivity (Wildman–Crippen MR) is 163 cm³/mol. The maximum atomic E-state index is 12.9. The van der Waals surface area contributed by atoms with Crippen LogP contribution in [-0.2, 0) is 9.53 Å². The van der Waals surface area contributed by atoms with Gasteiger partial charge in [0.15, 0.2) is 0 Å². The van der Waals surface area contributed by atoms with Crippen molar-refractivity contribution < 1.29 is 19.7 Å². The van der Waals surface area contributed by atoms with Crippen LogP contribution in [-0.4, -0.2) is 39.8 Å². The normalized spacial score (nSPS) is 46.9. The molecular formula is C37H52NO4. The largest absolute Gasteiger partial charge is 0.393 e. The van der Waals surface area contributed by atoms with Gasteiger partial charge in [0.05, 0.1) is 24.8 Å². The number of amides is 1. The summed E-state index contributed by atoms with van der Waals surface area (Å²) in [5, 5.41) is 23.4. The summed E-state index contributed by atoms with van der Waals surface area (Å²) >= 11 is 0. The number of carbonyl (C=O) groups is 1. The molecule has 6 aliphatic rings. The van der Waals surface area contributed by atoms with Crippen molar-refractivity contribution in [3.63, 3.8) is 0 Å². The van der Waals surface area contributed by atoms with Gasteiger partial charge in [-0.3, -0.25) is 4.79 Å². The van der Waals surface area contributed by atoms with Crippen LogP contribution in [0.3, 0.4) is 0 Å². The Morgan fingerprint density at radius 1 is 1.07 bits per heavy atom. The monoisotopic (exact) mass is 574 g/mol. The minimum atomic E-state index is -0.633. The summed E-state index contributed by atoms with van der Waals surface area (Å²) in [4.78, 5) is 14.8. The molecule has 1 amide bonds. The molecule has 0 bridgehead atoms. The van der Waals surface area contributed by atoms with E-state index in [9.17, 15) is 15.0 Å². The smallest absolute Gasteiger partial charge is 0.220 e. The van der Waals surface area contributed by atoms with Crippen molar-refractivity contribution in [2.75, 3.05) is 6.54 Å². The second-order valence-electron chi connectivity index (χ2n) is 16.3. The van der Waals surface area contributed by atoms with Crippen molar-refractivity contribution in [3.05, 3.63) is 54.0 Å². The molecule has 2 spiro atoms. The highest BCUT2D eigenvalue weighted by Crippen LogP contribution is 2.90. The Morgan fingerprint density at radius 3 is 2.48 bits per heavy atom. The van der Waals surface area contributed by atoms with Crippen molar-refractivity contribution in [2.24, 2.45) is 44.8 Å². The highest BCUT2D eigenvalue weighted by molar-refractivity contribution is 5.74. The first-order valence-electron chi connectivity index (χ1n) is 16.7. The molecule has 1 aliphatic heterocycles. The standard InChI is InChI=1S/C37H52NO4/c1-22-19-26(20-38(24(3)39)23(2)25-11-9-8-10-12-25)42-31-30(22)34(6)17-18-37-21-36(37)16-15-29(40)33(4,5)27(36)13-14-28(37)35(34,7)32(31)41/h8-12,22-23,27,29-30,32,40-41H,13-21H2,1-7H3/t22-,23+,27+,29+,30+,32+,34-,35-,36-,37+/m1/s1. The van der Waals surface area contributed by atoms with Gasteiger partial charge < -0.3 is 19.8 Å². The molecule has 0 aromatic heterocycles. The Kier molecular flexibility index (Phi) is 6.48. The van der Waals surface area contributed by atoms with Crippen LogP contribution in [0.4, 0.5) is 0 Å². The van der Waals surface area contributed by atoms with E-state index in [0.717, 1.165) is 56.3 Å². The number of carbonyl (C=O) groups excluding carboxylic acids is 1. The quantitative estimate of drug-likeness (QED) is 0.404. The van der Waals surface area contributed by atoms with Gasteiger partial charge in [-0.25, -0.2) is 0 Å². The molecule has 10 atom stereocenters. The van der Waals surface area contributed by atoms with E-state index in [0.29, 0.717) is 23.8 Å². The lowest BCUT2D eigenvalue weighted by Gasteiger charge is -2.63. The second-order valence-corrected chi connectivity index (χ2v) is 16.3. The maximum absolute atomic E-state index is 12.9. The van der Waals surface area contributed by atoms with E-state index in [1.807, 2.05) is 23.1 Å². The fourth-order valence-electron chi connectivity index (χ4n) is 12.2. The number of hydrogen-bond acceptors (Lipinski definition) is 4. The van der Waals surface area contributed by atoms with Crippen LogP contribution >= 0.6 is 0 Å². The molecule has 1 heterocycles. The van der Waals surface area contributed by atoms with Crippen molar-refractivity contribution in [1.82, 2.24) is 4.90 Å². The highest BCUT2D eigenvalue weighted by Gasteiger charge is 2.85. The molecule has 5 heteroatoms. The highest BCUT2D eigenvalue weighted by atomic mass is 16.5. The molecule has 6 fully saturated rings. The van der Waals surface area contributed by atoms with E-state index in [-0.39, 0.29) is 45.6 Å². The summed E-state index contributed by atoms with van der Waals surface area (Å²) in [6, 6.07) is 10.1. The Morgan fingerprint density at radius 2 is 1.79 bits per heavy atom. The van der Waals surface area contributed by atoms with Crippen LogP contribution in [0.2, 0.25) is 0 Å². The SMILES string of the molecule is CC(=O)N(C[C]1C[C@@H](C)[C@H]2[C](O1)[C@H](O)[C@@]1(C)[C]3CC[C@H]4C(C)(C)[C@@H](O)CC[C@@]45C[C@@]35CC[C@]21C)[C@@H](C)c1ccccc1. The molecule has 229 valence electrons. The van der Waals surface area contributed by atoms with Gasteiger partial charge in [0.1, 0.15) is 12.2 Å². The second kappa shape index (κ2) is 9.30. The zero-order valence-electron chi connectivity index (χ0n) is 26.9. The Hall–Kier alpha value is -1.43. The van der Waals surface area contributed by atoms with Gasteiger partial charge >= 0.3 is 0 Å². The lowest BCUT2D eigenvalue weighted by atomic mass is 9.41. The van der Waals surface area contributed by atoms with Crippen LogP contribution in [0.1, 0.15) is 111 Å². The average Bonchev–Trinajstić information content (AvgIpc) is 3.59. The molecule has 0 unspecified atom stereocenters. The number of nitrogens with zero attached hydrogens (tertiary/aromatic N) is 1. The van der Waals surface area contributed by atoms with Crippen LogP contribution in [0.5, 0.6) is 0 Å². The van der Waals surface area contributed by atoms with E-state index in [1.165, 1.54) is 12.8 Å². The molecule has 5 aliphatic carbocycles. The van der Waals surface area contributed by atoms with Gasteiger partial charge in [-0.1, -0.05) is 65.0 Å². The first-order valence-corrected chi connectivity index (χ1v) is 16.7. The first-order chi connectivity index (χ1) is 19.7. The molecule has 1 aromatic rings. The van der Waals surface area contributed by atoms with Crippen LogP contribution in [0.15, 0.2) is 30.3 Å². The van der Waals surface area contributed by atoms with E-state index in [1.54, 1.807) is 12.8 Å². The zero-order chi connectivity index (χ0) is 30.0. The third kappa shape index (κ3) is 3.51. The summed E-state index contributed by atoms with van der Waals surface area (Å²) < 4.78 is 6.80. The number of fused-ring (bicyclic) bond motifs is 4. The third-order valence-electron chi connectivity index (χ3n) is 14.6. The molecule has 1 aromatic carbocycles. The first kappa shape index (κ1) is 29.3. The summed E-state index contributed by atoms with van der Waals surface area (Å²) in [6.07, 6.45) is 9.52. The predicted octanol–water partition coefficient (Wildman–Crippen LogP) is 7.06. The van der Waals surface area contributed by atoms with E-state index in [4.69, 9.17) is 4.74 Å². The zero-order valence-corrected chi connectivity index (χ0v) is 26.9. The fraction of sp³-hybridized carbons (Fsp3) is 0.730. The number of aliphatic hydroxyl groups is 2. The van der Waals surface area contributed by atoms with Crippen LogP contribution in [0.25, 0.3) is 0 Å². The van der Waals surface area contributed by atoms with Gasteiger partial charge in [0.2, 0.25) is 5.91 Å². The Labute approximate surface area is 253 Å². The lowest BCUT2D eigenvalue weighted by Crippen LogP contribution is -2.58. The van der Waals surface area contributed by atoms with Gasteiger partial charge in [-0.15, -0.1) is 0 Å². The van der Waals surface area contributed by atoms with Gasteiger partial charge in [0.25, 0.3) is 0 Å². The van der Waals surface area contributed by atoms with Crippen LogP contribution in [0, 0.1) is 63.0 Å². The number of hydrogen-bond donors (Lipinski definition) is 2. The maximum Gasteiger partial charge on any atom is 0.220 e. The number of benzene rings is 1. The summed E-state index contributed by atoms with van der Waals surface area (Å²) in [5.41, 5.74) is 1.21. The Bertz CT molecular complexity index is 1230. The van der Waals surface area contributed by atoms with Crippen molar-refractivity contribution in [2.45, 2.75) is 118 Å². The lowest BCUT2D eigenvalue weighted by molar-refractivity contribution is -0.132. The van der Waals surface area contributed by atoms with Gasteiger partial charge in [-0.2, -0.15) is 0 Å². The minimum absolute atomic E-state index is 0.0376. The minimum Gasteiger partial charge on any atom is -0.393 e. The Balaban J connectivity index is 1.16. The number of rotatable bonds is 4. The molecule has 5 saturated carbocycles. The van der Waals surface area contributed by atoms with Crippen LogP contribution < -0.4 is 0 Å². The molecule has 1 saturated heterocycles. The molecule has 3 radical (unpaired) electrons. The molecule has 7 rings (SSSR count). The molecule has 5 nitrogen and oxygen atoms in total. The fourth-order valence-corrected chi connectivity index (χ4v) is 12.2. The van der Waals surface area contributed by atoms with Crippen molar-refractivity contribution in [1.29, 1.82) is 0 Å². The van der Waals surface area contributed by atoms with E-state index < -0.39 is 6.10 Å². The van der Waals surface area contributed by atoms with E-state index in [2.05, 4.69) is 53.7 Å². The van der Waals surface area contributed by atoms with Gasteiger partial charge in [0, 0.05) is 18.3 Å². The van der Waals surface area contributed by atoms with Gasteiger partial charge in [-0.05, 0) is 103 Å². The molecule has 2 N–H and O–H groups in total. The summed E-state index contributed by atoms with van der Waals surface area (Å²) in [5.74, 6) is 2.77. The molecular weight excluding hydrogens is 522 g/mol. The van der Waals surface area contributed by atoms with E-state index >= 15 is 0 Å². The number of aliphatic hydroxyl groups excluding tert-OH is 2. The van der Waals surface area contributed by atoms with Crippen molar-refractivity contribution in [3.8, 4) is 0 Å². The summed E-state index contributed by atoms with van der Waals surface area (Å²) in [6.45, 7) is 16.0. The topological polar surface area (TPSA) is 70.0 Å². The third-order valence-corrected chi connectivity index (χ3v) is 14.6.